The van der Waals surface area contributed by atoms with Gasteiger partial charge in [-0.25, -0.2) is 0 Å². The average molecular weight is 400 g/mol. The molecule has 8 heteroatoms. The third-order valence-corrected chi connectivity index (χ3v) is 4.90. The van der Waals surface area contributed by atoms with Crippen LogP contribution in [0.4, 0.5) is 0 Å². The van der Waals surface area contributed by atoms with Gasteiger partial charge in [-0.1, -0.05) is 17.7 Å². The number of nitrogens with zero attached hydrogens (tertiary/aromatic N) is 1. The predicted octanol–water partition coefficient (Wildman–Crippen LogP) is 1.91. The van der Waals surface area contributed by atoms with E-state index < -0.39 is 23.2 Å². The Morgan fingerprint density at radius 2 is 1.66 bits per heavy atom. The van der Waals surface area contributed by atoms with Crippen molar-refractivity contribution in [2.75, 3.05) is 19.7 Å². The summed E-state index contributed by atoms with van der Waals surface area (Å²) in [6.07, 6.45) is 1.16. The zero-order valence-corrected chi connectivity index (χ0v) is 16.1. The molecule has 0 saturated carbocycles. The molecule has 3 rings (SSSR count). The zero-order chi connectivity index (χ0) is 21.0. The number of hydrogen-bond acceptors (Lipinski definition) is 6. The molecule has 29 heavy (non-hydrogen) atoms. The number of phenolic OH excluding ortho intramolecular Hbond substituents is 3. The second-order valence-electron chi connectivity index (χ2n) is 7.09. The fraction of sp³-hybridized carbons (Fsp3) is 0.333. The molecule has 2 aromatic carbocycles. The number of phenols is 3. The molecule has 2 amide bonds. The van der Waals surface area contributed by atoms with Crippen LogP contribution in [0.2, 0.25) is 0 Å². The summed E-state index contributed by atoms with van der Waals surface area (Å²) in [4.78, 5) is 26.3. The molecule has 2 aromatic rings. The van der Waals surface area contributed by atoms with E-state index in [1.807, 2.05) is 31.2 Å². The lowest BCUT2D eigenvalue weighted by atomic mass is 10.0. The maximum Gasteiger partial charge on any atom is 0.260 e. The molecule has 0 spiro atoms. The van der Waals surface area contributed by atoms with E-state index >= 15 is 0 Å². The van der Waals surface area contributed by atoms with Crippen LogP contribution in [0.1, 0.15) is 28.8 Å². The number of benzene rings is 2. The first-order valence-corrected chi connectivity index (χ1v) is 9.36. The number of aryl methyl sites for hydroxylation is 1. The number of amides is 2. The first-order chi connectivity index (χ1) is 13.8. The van der Waals surface area contributed by atoms with Gasteiger partial charge in [0.25, 0.3) is 11.8 Å². The Balaban J connectivity index is 1.46. The van der Waals surface area contributed by atoms with Gasteiger partial charge in [-0.05, 0) is 44.0 Å². The highest BCUT2D eigenvalue weighted by Gasteiger charge is 2.25. The highest BCUT2D eigenvalue weighted by atomic mass is 16.5. The molecule has 8 nitrogen and oxygen atoms in total. The molecule has 1 aliphatic heterocycles. The highest BCUT2D eigenvalue weighted by Crippen LogP contribution is 2.35. The summed E-state index contributed by atoms with van der Waals surface area (Å²) in [6, 6.07) is 9.52. The van der Waals surface area contributed by atoms with E-state index in [1.54, 1.807) is 4.90 Å². The van der Waals surface area contributed by atoms with Crippen molar-refractivity contribution in [3.8, 4) is 23.0 Å². The molecule has 0 bridgehead atoms. The summed E-state index contributed by atoms with van der Waals surface area (Å²) in [7, 11) is 0. The molecule has 0 unspecified atom stereocenters. The van der Waals surface area contributed by atoms with Gasteiger partial charge in [0.2, 0.25) is 0 Å². The molecule has 0 atom stereocenters. The normalized spacial score (nSPS) is 14.4. The Labute approximate surface area is 168 Å². The first-order valence-electron chi connectivity index (χ1n) is 9.36. The van der Waals surface area contributed by atoms with Crippen LogP contribution in [0.5, 0.6) is 23.0 Å². The number of carbonyl (C=O) groups excluding carboxylic acids is 2. The number of ether oxygens (including phenoxy) is 1. The van der Waals surface area contributed by atoms with Gasteiger partial charge in [-0.3, -0.25) is 9.59 Å². The number of piperidine rings is 1. The van der Waals surface area contributed by atoms with Gasteiger partial charge in [0, 0.05) is 24.7 Å². The average Bonchev–Trinajstić information content (AvgIpc) is 2.71. The Morgan fingerprint density at radius 3 is 2.24 bits per heavy atom. The van der Waals surface area contributed by atoms with Crippen LogP contribution in [0.25, 0.3) is 0 Å². The molecule has 0 aliphatic carbocycles. The summed E-state index contributed by atoms with van der Waals surface area (Å²) in [6.45, 7) is 2.93. The van der Waals surface area contributed by atoms with E-state index in [-0.39, 0.29) is 24.1 Å². The van der Waals surface area contributed by atoms with Crippen LogP contribution in [-0.2, 0) is 4.79 Å². The maximum atomic E-state index is 12.3. The summed E-state index contributed by atoms with van der Waals surface area (Å²) >= 11 is 0. The maximum absolute atomic E-state index is 12.3. The van der Waals surface area contributed by atoms with Gasteiger partial charge in [0.1, 0.15) is 5.75 Å². The van der Waals surface area contributed by atoms with E-state index in [2.05, 4.69) is 5.32 Å². The molecule has 1 aliphatic rings. The minimum atomic E-state index is -0.666. The van der Waals surface area contributed by atoms with E-state index in [0.29, 0.717) is 31.7 Å². The molecule has 0 radical (unpaired) electrons. The van der Waals surface area contributed by atoms with Gasteiger partial charge in [0.15, 0.2) is 23.9 Å². The van der Waals surface area contributed by atoms with Gasteiger partial charge >= 0.3 is 0 Å². The zero-order valence-electron chi connectivity index (χ0n) is 16.1. The quantitative estimate of drug-likeness (QED) is 0.569. The summed E-state index contributed by atoms with van der Waals surface area (Å²) in [5.74, 6) is -1.73. The largest absolute Gasteiger partial charge is 0.504 e. The Bertz CT molecular complexity index is 866. The van der Waals surface area contributed by atoms with Crippen molar-refractivity contribution in [1.29, 1.82) is 0 Å². The Hall–Kier alpha value is -3.42. The van der Waals surface area contributed by atoms with E-state index in [1.165, 1.54) is 0 Å². The van der Waals surface area contributed by atoms with Crippen molar-refractivity contribution in [3.63, 3.8) is 0 Å². The molecular formula is C21H24N2O6. The van der Waals surface area contributed by atoms with Crippen molar-refractivity contribution in [3.05, 3.63) is 47.5 Å². The van der Waals surface area contributed by atoms with Crippen LogP contribution in [0, 0.1) is 6.92 Å². The van der Waals surface area contributed by atoms with Gasteiger partial charge in [-0.2, -0.15) is 0 Å². The van der Waals surface area contributed by atoms with Gasteiger partial charge in [0.05, 0.1) is 0 Å². The molecular weight excluding hydrogens is 376 g/mol. The lowest BCUT2D eigenvalue weighted by molar-refractivity contribution is -0.134. The van der Waals surface area contributed by atoms with Crippen LogP contribution in [0.15, 0.2) is 36.4 Å². The number of likely N-dealkylation sites (tertiary alicyclic amines) is 1. The predicted molar refractivity (Wildman–Crippen MR) is 105 cm³/mol. The van der Waals surface area contributed by atoms with Crippen LogP contribution in [-0.4, -0.2) is 57.8 Å². The second-order valence-corrected chi connectivity index (χ2v) is 7.09. The number of hydrogen-bond donors (Lipinski definition) is 4. The fourth-order valence-electron chi connectivity index (χ4n) is 3.15. The third-order valence-electron chi connectivity index (χ3n) is 4.90. The monoisotopic (exact) mass is 400 g/mol. The van der Waals surface area contributed by atoms with E-state index in [0.717, 1.165) is 17.7 Å². The topological polar surface area (TPSA) is 119 Å². The second kappa shape index (κ2) is 8.72. The van der Waals surface area contributed by atoms with Crippen molar-refractivity contribution in [2.45, 2.75) is 25.8 Å². The molecule has 4 N–H and O–H groups in total. The number of carbonyl (C=O) groups is 2. The van der Waals surface area contributed by atoms with Crippen LogP contribution >= 0.6 is 0 Å². The van der Waals surface area contributed by atoms with E-state index in [4.69, 9.17) is 4.74 Å². The Kier molecular flexibility index (Phi) is 6.11. The van der Waals surface area contributed by atoms with Crippen molar-refractivity contribution in [2.24, 2.45) is 0 Å². The van der Waals surface area contributed by atoms with Crippen molar-refractivity contribution in [1.82, 2.24) is 10.2 Å². The smallest absolute Gasteiger partial charge is 0.260 e. The standard InChI is InChI=1S/C21H24N2O6/c1-13-2-4-16(5-3-13)29-12-19(26)23-8-6-15(7-9-23)22-21(28)14-10-17(24)20(27)18(25)11-14/h2-5,10-11,15,24-25,27H,6-9,12H2,1H3,(H,22,28). The number of aromatic hydroxyl groups is 3. The summed E-state index contributed by atoms with van der Waals surface area (Å²) < 4.78 is 5.53. The molecule has 1 saturated heterocycles. The highest BCUT2D eigenvalue weighted by molar-refractivity contribution is 5.95. The summed E-state index contributed by atoms with van der Waals surface area (Å²) in [5, 5.41) is 31.2. The van der Waals surface area contributed by atoms with E-state index in [9.17, 15) is 24.9 Å². The van der Waals surface area contributed by atoms with Gasteiger partial charge in [-0.15, -0.1) is 0 Å². The molecule has 1 fully saturated rings. The third kappa shape index (κ3) is 5.10. The minimum Gasteiger partial charge on any atom is -0.504 e. The van der Waals surface area contributed by atoms with Gasteiger partial charge < -0.3 is 30.3 Å². The Morgan fingerprint density at radius 1 is 1.07 bits per heavy atom. The molecule has 1 heterocycles. The number of nitrogens with one attached hydrogen (secondary N) is 1. The first kappa shape index (κ1) is 20.3. The SMILES string of the molecule is Cc1ccc(OCC(=O)N2CCC(NC(=O)c3cc(O)c(O)c(O)c3)CC2)cc1. The molecule has 154 valence electrons. The van der Waals surface area contributed by atoms with Crippen LogP contribution < -0.4 is 10.1 Å². The van der Waals surface area contributed by atoms with Crippen molar-refractivity contribution < 1.29 is 29.6 Å². The summed E-state index contributed by atoms with van der Waals surface area (Å²) in [5.41, 5.74) is 1.16. The van der Waals surface area contributed by atoms with Crippen LogP contribution in [0.3, 0.4) is 0 Å². The minimum absolute atomic E-state index is 0.0356. The lowest BCUT2D eigenvalue weighted by Gasteiger charge is -2.32. The number of rotatable bonds is 5. The molecule has 0 aromatic heterocycles. The fourth-order valence-corrected chi connectivity index (χ4v) is 3.15. The van der Waals surface area contributed by atoms with Crippen molar-refractivity contribution >= 4 is 11.8 Å². The lowest BCUT2D eigenvalue weighted by Crippen LogP contribution is -2.47.